The number of rotatable bonds is 1. The number of hydrogen-bond donors (Lipinski definition) is 0. The second kappa shape index (κ2) is 4.04. The summed E-state index contributed by atoms with van der Waals surface area (Å²) in [6.45, 7) is 4.06. The number of aromatic nitrogens is 1. The number of fused-ring (bicyclic) bond motifs is 1. The van der Waals surface area contributed by atoms with Crippen LogP contribution in [0, 0.1) is 10.5 Å². The first kappa shape index (κ1) is 10.8. The van der Waals surface area contributed by atoms with E-state index in [0.717, 1.165) is 11.2 Å². The van der Waals surface area contributed by atoms with E-state index >= 15 is 0 Å². The third-order valence-electron chi connectivity index (χ3n) is 2.59. The maximum absolute atomic E-state index is 6.02. The summed E-state index contributed by atoms with van der Waals surface area (Å²) in [5, 5.41) is 1.22. The largest absolute Gasteiger partial charge is 0.400 e. The second-order valence-electron chi connectivity index (χ2n) is 3.53. The topological polar surface area (TPSA) is 4.93 Å². The Morgan fingerprint density at radius 2 is 2.13 bits per heavy atom. The van der Waals surface area contributed by atoms with Gasteiger partial charge in [-0.05, 0) is 48.6 Å². The number of benzene rings is 1. The molecule has 1 heterocycles. The molecule has 0 saturated heterocycles. The Morgan fingerprint density at radius 3 is 2.80 bits per heavy atom. The maximum Gasteiger partial charge on any atom is 0.234 e. The van der Waals surface area contributed by atoms with Crippen LogP contribution >= 0.6 is 22.6 Å². The molecule has 0 aliphatic carbocycles. The van der Waals surface area contributed by atoms with Gasteiger partial charge in [-0.15, -0.1) is 0 Å². The molecule has 0 aliphatic heterocycles. The summed E-state index contributed by atoms with van der Waals surface area (Å²) < 4.78 is 2.96. The van der Waals surface area contributed by atoms with Gasteiger partial charge in [0.05, 0.1) is 0 Å². The third-order valence-corrected chi connectivity index (χ3v) is 3.26. The fraction of sp³-hybridized carbons (Fsp3) is 0.167. The molecule has 2 radical (unpaired) electrons. The van der Waals surface area contributed by atoms with Crippen molar-refractivity contribution in [2.75, 3.05) is 0 Å². The minimum atomic E-state index is 1.09. The fourth-order valence-corrected chi connectivity index (χ4v) is 2.29. The van der Waals surface area contributed by atoms with Crippen LogP contribution in [0.5, 0.6) is 0 Å². The van der Waals surface area contributed by atoms with Crippen molar-refractivity contribution >= 4 is 47.6 Å². The van der Waals surface area contributed by atoms with Crippen molar-refractivity contribution in [2.45, 2.75) is 13.8 Å². The molecule has 0 bridgehead atoms. The van der Waals surface area contributed by atoms with Crippen LogP contribution in [0.25, 0.3) is 17.0 Å². The molecule has 1 nitrogen and oxygen atoms in total. The van der Waals surface area contributed by atoms with E-state index in [1.54, 1.807) is 4.48 Å². The van der Waals surface area contributed by atoms with Gasteiger partial charge in [-0.25, -0.2) is 0 Å². The van der Waals surface area contributed by atoms with Crippen LogP contribution in [0.4, 0.5) is 0 Å². The summed E-state index contributed by atoms with van der Waals surface area (Å²) in [5.41, 5.74) is 3.41. The van der Waals surface area contributed by atoms with Crippen molar-refractivity contribution in [3.63, 3.8) is 0 Å². The molecule has 0 spiro atoms. The summed E-state index contributed by atoms with van der Waals surface area (Å²) in [7, 11) is 6.02. The molecule has 1 aromatic heterocycles. The molecular weight excluding hydrogens is 296 g/mol. The van der Waals surface area contributed by atoms with Crippen LogP contribution in [0.15, 0.2) is 24.3 Å². The predicted molar refractivity (Wildman–Crippen MR) is 75.3 cm³/mol. The highest BCUT2D eigenvalue weighted by Gasteiger charge is 2.08. The average Bonchev–Trinajstić information content (AvgIpc) is 2.44. The molecule has 74 valence electrons. The number of halogens is 1. The van der Waals surface area contributed by atoms with E-state index in [4.69, 9.17) is 7.98 Å². The molecule has 0 amide bonds. The van der Waals surface area contributed by atoms with Crippen LogP contribution in [0.1, 0.15) is 18.2 Å². The zero-order valence-corrected chi connectivity index (χ0v) is 10.9. The van der Waals surface area contributed by atoms with E-state index in [2.05, 4.69) is 46.9 Å². The van der Waals surface area contributed by atoms with Crippen molar-refractivity contribution in [1.82, 2.24) is 4.48 Å². The number of allylic oxidation sites excluding steroid dienone is 1. The zero-order valence-electron chi connectivity index (χ0n) is 8.79. The minimum Gasteiger partial charge on any atom is -0.400 e. The monoisotopic (exact) mass is 307 g/mol. The van der Waals surface area contributed by atoms with Gasteiger partial charge in [0.25, 0.3) is 0 Å². The first-order chi connectivity index (χ1) is 7.15. The quantitative estimate of drug-likeness (QED) is 0.561. The molecule has 0 fully saturated rings. The molecule has 0 atom stereocenters. The van der Waals surface area contributed by atoms with E-state index in [0.29, 0.717) is 0 Å². The molecule has 0 aliphatic rings. The molecule has 2 aromatic rings. The van der Waals surface area contributed by atoms with Crippen LogP contribution in [0.2, 0.25) is 0 Å². The van der Waals surface area contributed by atoms with E-state index in [1.165, 1.54) is 14.5 Å². The Bertz CT molecular complexity index is 540. The summed E-state index contributed by atoms with van der Waals surface area (Å²) >= 11 is 2.30. The lowest BCUT2D eigenvalue weighted by molar-refractivity contribution is 1.19. The van der Waals surface area contributed by atoms with Gasteiger partial charge in [0.1, 0.15) is 0 Å². The SMILES string of the molecule is [B]n1c(C)c(/C=C\C)c2ccc(I)cc21. The van der Waals surface area contributed by atoms with Crippen LogP contribution in [-0.4, -0.2) is 12.5 Å². The summed E-state index contributed by atoms with van der Waals surface area (Å²) in [6.07, 6.45) is 4.15. The van der Waals surface area contributed by atoms with E-state index in [-0.39, 0.29) is 0 Å². The van der Waals surface area contributed by atoms with E-state index in [9.17, 15) is 0 Å². The molecule has 0 saturated carbocycles. The van der Waals surface area contributed by atoms with Gasteiger partial charge in [0.15, 0.2) is 0 Å². The lowest BCUT2D eigenvalue weighted by Crippen LogP contribution is -1.93. The Labute approximate surface area is 105 Å². The van der Waals surface area contributed by atoms with Gasteiger partial charge in [0.2, 0.25) is 7.98 Å². The van der Waals surface area contributed by atoms with Crippen molar-refractivity contribution in [2.24, 2.45) is 0 Å². The first-order valence-electron chi connectivity index (χ1n) is 4.83. The number of nitrogens with zero attached hydrogens (tertiary/aromatic N) is 1. The average molecular weight is 307 g/mol. The van der Waals surface area contributed by atoms with Gasteiger partial charge >= 0.3 is 0 Å². The van der Waals surface area contributed by atoms with E-state index < -0.39 is 0 Å². The highest BCUT2D eigenvalue weighted by molar-refractivity contribution is 14.1. The Morgan fingerprint density at radius 1 is 1.40 bits per heavy atom. The van der Waals surface area contributed by atoms with Crippen molar-refractivity contribution < 1.29 is 0 Å². The molecule has 3 heteroatoms. The smallest absolute Gasteiger partial charge is 0.234 e. The molecule has 15 heavy (non-hydrogen) atoms. The van der Waals surface area contributed by atoms with E-state index in [1.807, 2.05) is 19.9 Å². The van der Waals surface area contributed by atoms with Gasteiger partial charge in [-0.3, -0.25) is 0 Å². The van der Waals surface area contributed by atoms with Crippen molar-refractivity contribution in [3.05, 3.63) is 39.1 Å². The molecule has 2 rings (SSSR count). The molecular formula is C12H11BIN. The number of hydrogen-bond acceptors (Lipinski definition) is 0. The lowest BCUT2D eigenvalue weighted by Gasteiger charge is -1.98. The Balaban J connectivity index is 2.87. The Hall–Kier alpha value is -0.705. The zero-order chi connectivity index (χ0) is 11.0. The van der Waals surface area contributed by atoms with Crippen LogP contribution < -0.4 is 0 Å². The summed E-state index contributed by atoms with van der Waals surface area (Å²) in [5.74, 6) is 0. The highest BCUT2D eigenvalue weighted by atomic mass is 127. The van der Waals surface area contributed by atoms with Gasteiger partial charge in [-0.2, -0.15) is 0 Å². The normalized spacial score (nSPS) is 11.7. The second-order valence-corrected chi connectivity index (χ2v) is 4.78. The summed E-state index contributed by atoms with van der Waals surface area (Å²) in [4.78, 5) is 0. The molecule has 0 unspecified atom stereocenters. The summed E-state index contributed by atoms with van der Waals surface area (Å²) in [6, 6.07) is 6.34. The van der Waals surface area contributed by atoms with Gasteiger partial charge in [0, 0.05) is 25.7 Å². The van der Waals surface area contributed by atoms with Crippen molar-refractivity contribution in [1.29, 1.82) is 0 Å². The van der Waals surface area contributed by atoms with Gasteiger partial charge < -0.3 is 4.48 Å². The third kappa shape index (κ3) is 1.73. The first-order valence-corrected chi connectivity index (χ1v) is 5.91. The standard InChI is InChI=1S/C12H11BIN/c1-3-4-10-8(2)15(13)12-7-9(14)5-6-11(10)12/h3-7H,1-2H3/b4-3-. The molecule has 0 N–H and O–H groups in total. The van der Waals surface area contributed by atoms with Crippen molar-refractivity contribution in [3.8, 4) is 0 Å². The predicted octanol–water partition coefficient (Wildman–Crippen LogP) is 3.52. The maximum atomic E-state index is 6.02. The fourth-order valence-electron chi connectivity index (χ4n) is 1.81. The highest BCUT2D eigenvalue weighted by Crippen LogP contribution is 2.27. The minimum absolute atomic E-state index is 1.09. The van der Waals surface area contributed by atoms with Crippen LogP contribution in [-0.2, 0) is 0 Å². The lowest BCUT2D eigenvalue weighted by atomic mass is 10.1. The Kier molecular flexibility index (Phi) is 2.91. The van der Waals surface area contributed by atoms with Crippen LogP contribution in [0.3, 0.4) is 0 Å². The van der Waals surface area contributed by atoms with Gasteiger partial charge in [-0.1, -0.05) is 18.2 Å². The molecule has 1 aromatic carbocycles.